The number of hydrogen-bond donors (Lipinski definition) is 5. The average molecular weight is 539 g/mol. The van der Waals surface area contributed by atoms with E-state index in [0.717, 1.165) is 60.2 Å². The van der Waals surface area contributed by atoms with Gasteiger partial charge in [-0.15, -0.1) is 11.3 Å². The van der Waals surface area contributed by atoms with Crippen LogP contribution in [0.5, 0.6) is 0 Å². The third-order valence-corrected chi connectivity index (χ3v) is 9.21. The Morgan fingerprint density at radius 2 is 1.97 bits per heavy atom. The van der Waals surface area contributed by atoms with Crippen LogP contribution in [0.3, 0.4) is 0 Å². The number of thiophene rings is 1. The van der Waals surface area contributed by atoms with Gasteiger partial charge in [0.2, 0.25) is 5.91 Å². The molecule has 1 aliphatic heterocycles. The quantitative estimate of drug-likeness (QED) is 0.208. The number of carbonyl (C=O) groups excluding carboxylic acids is 3. The van der Waals surface area contributed by atoms with Gasteiger partial charge in [0.25, 0.3) is 11.8 Å². The first-order chi connectivity index (χ1) is 17.9. The predicted molar refractivity (Wildman–Crippen MR) is 147 cm³/mol. The van der Waals surface area contributed by atoms with Crippen molar-refractivity contribution in [3.8, 4) is 0 Å². The zero-order valence-corrected chi connectivity index (χ0v) is 22.0. The number of nitrogens with one attached hydrogen (secondary N) is 4. The number of amides is 3. The maximum Gasteiger partial charge on any atom is 0.254 e. The Morgan fingerprint density at radius 1 is 1.16 bits per heavy atom. The summed E-state index contributed by atoms with van der Waals surface area (Å²) in [4.78, 5) is 41.5. The standard InChI is InChI=1S/C26H30N6O3S2/c27-31-26(36)32(19-3-1-2-16-18(19)12-29-23(16)34)15-8-9-20-17(10-15)21(24(35)28-11-13-4-5-13)25(37-20)30-22(33)14-6-7-14/h1-3,13-15H,4-12,27H2,(H,28,35)(H,29,34)(H,30,33)(H,31,36)/t15-/m0/s1. The Bertz CT molecular complexity index is 1300. The van der Waals surface area contributed by atoms with Crippen LogP contribution in [0.15, 0.2) is 18.2 Å². The molecule has 37 heavy (non-hydrogen) atoms. The largest absolute Gasteiger partial charge is 0.352 e. The molecular formula is C26H30N6O3S2. The Labute approximate surface area is 224 Å². The van der Waals surface area contributed by atoms with Crippen molar-refractivity contribution >= 4 is 57.1 Å². The van der Waals surface area contributed by atoms with E-state index in [1.165, 1.54) is 11.3 Å². The van der Waals surface area contributed by atoms with E-state index in [1.807, 2.05) is 23.1 Å². The normalized spacial score (nSPS) is 19.9. The number of benzene rings is 1. The lowest BCUT2D eigenvalue weighted by Gasteiger charge is -2.37. The number of anilines is 2. The first-order valence-corrected chi connectivity index (χ1v) is 14.1. The summed E-state index contributed by atoms with van der Waals surface area (Å²) in [5.41, 5.74) is 6.55. The highest BCUT2D eigenvalue weighted by molar-refractivity contribution is 7.80. The Hall–Kier alpha value is -3.02. The van der Waals surface area contributed by atoms with Crippen LogP contribution in [-0.2, 0) is 24.2 Å². The third-order valence-electron chi connectivity index (χ3n) is 7.68. The third kappa shape index (κ3) is 4.71. The maximum atomic E-state index is 13.5. The van der Waals surface area contributed by atoms with Gasteiger partial charge >= 0.3 is 0 Å². The maximum absolute atomic E-state index is 13.5. The van der Waals surface area contributed by atoms with Crippen LogP contribution < -0.4 is 32.1 Å². The molecule has 2 fully saturated rings. The molecule has 0 spiro atoms. The molecule has 4 aliphatic rings. The summed E-state index contributed by atoms with van der Waals surface area (Å²) in [6.45, 7) is 1.09. The number of nitrogens with two attached hydrogens (primary N) is 1. The van der Waals surface area contributed by atoms with Gasteiger partial charge in [0, 0.05) is 46.7 Å². The van der Waals surface area contributed by atoms with Crippen molar-refractivity contribution in [2.45, 2.75) is 57.5 Å². The minimum atomic E-state index is -0.127. The fourth-order valence-corrected chi connectivity index (χ4v) is 6.82. The van der Waals surface area contributed by atoms with E-state index in [2.05, 4.69) is 21.4 Å². The van der Waals surface area contributed by atoms with Crippen molar-refractivity contribution in [3.63, 3.8) is 0 Å². The van der Waals surface area contributed by atoms with E-state index in [4.69, 9.17) is 18.1 Å². The second-order valence-corrected chi connectivity index (χ2v) is 11.8. The van der Waals surface area contributed by atoms with Gasteiger partial charge in [-0.2, -0.15) is 0 Å². The molecule has 11 heteroatoms. The summed E-state index contributed by atoms with van der Waals surface area (Å²) in [5, 5.41) is 10.1. The smallest absolute Gasteiger partial charge is 0.254 e. The second-order valence-electron chi connectivity index (χ2n) is 10.3. The number of hydrazine groups is 1. The Morgan fingerprint density at radius 3 is 2.70 bits per heavy atom. The van der Waals surface area contributed by atoms with E-state index in [1.54, 1.807) is 0 Å². The molecule has 2 heterocycles. The second kappa shape index (κ2) is 9.70. The zero-order valence-electron chi connectivity index (χ0n) is 20.4. The van der Waals surface area contributed by atoms with Crippen LogP contribution in [0.2, 0.25) is 0 Å². The molecular weight excluding hydrogens is 508 g/mol. The summed E-state index contributed by atoms with van der Waals surface area (Å²) in [6, 6.07) is 5.55. The molecule has 6 rings (SSSR count). The molecule has 9 nitrogen and oxygen atoms in total. The summed E-state index contributed by atoms with van der Waals surface area (Å²) in [6.07, 6.45) is 6.21. The summed E-state index contributed by atoms with van der Waals surface area (Å²) >= 11 is 7.17. The minimum Gasteiger partial charge on any atom is -0.352 e. The Balaban J connectivity index is 1.34. The lowest BCUT2D eigenvalue weighted by atomic mass is 9.89. The molecule has 1 aromatic carbocycles. The molecule has 2 aromatic rings. The van der Waals surface area contributed by atoms with Crippen LogP contribution in [-0.4, -0.2) is 35.4 Å². The fourth-order valence-electron chi connectivity index (χ4n) is 5.33. The summed E-state index contributed by atoms with van der Waals surface area (Å²) < 4.78 is 0. The summed E-state index contributed by atoms with van der Waals surface area (Å²) in [5.74, 6) is 6.18. The van der Waals surface area contributed by atoms with Crippen molar-refractivity contribution in [2.24, 2.45) is 17.7 Å². The lowest BCUT2D eigenvalue weighted by Crippen LogP contribution is -2.51. The van der Waals surface area contributed by atoms with Gasteiger partial charge in [0.05, 0.1) is 5.56 Å². The molecule has 1 aromatic heterocycles. The van der Waals surface area contributed by atoms with Crippen molar-refractivity contribution in [1.82, 2.24) is 16.1 Å². The van der Waals surface area contributed by atoms with Crippen molar-refractivity contribution in [1.29, 1.82) is 0 Å². The monoisotopic (exact) mass is 538 g/mol. The molecule has 0 bridgehead atoms. The van der Waals surface area contributed by atoms with Gasteiger partial charge in [-0.05, 0) is 80.8 Å². The van der Waals surface area contributed by atoms with E-state index in [-0.39, 0.29) is 29.7 Å². The van der Waals surface area contributed by atoms with Crippen molar-refractivity contribution in [3.05, 3.63) is 45.3 Å². The molecule has 0 radical (unpaired) electrons. The van der Waals surface area contributed by atoms with Gasteiger partial charge in [-0.3, -0.25) is 14.4 Å². The van der Waals surface area contributed by atoms with Crippen LogP contribution in [0.4, 0.5) is 10.7 Å². The number of fused-ring (bicyclic) bond motifs is 2. The minimum absolute atomic E-state index is 0.00135. The fraction of sp³-hybridized carbons (Fsp3) is 0.462. The average Bonchev–Trinajstić information content (AvgIpc) is 3.83. The van der Waals surface area contributed by atoms with Crippen LogP contribution >= 0.6 is 23.6 Å². The lowest BCUT2D eigenvalue weighted by molar-refractivity contribution is -0.117. The van der Waals surface area contributed by atoms with Gasteiger partial charge in [-0.1, -0.05) is 6.07 Å². The zero-order chi connectivity index (χ0) is 25.7. The van der Waals surface area contributed by atoms with Crippen molar-refractivity contribution in [2.75, 3.05) is 16.8 Å². The number of aryl methyl sites for hydroxylation is 1. The molecule has 0 saturated heterocycles. The van der Waals surface area contributed by atoms with E-state index in [9.17, 15) is 14.4 Å². The molecule has 3 amide bonds. The highest BCUT2D eigenvalue weighted by Gasteiger charge is 2.37. The molecule has 6 N–H and O–H groups in total. The van der Waals surface area contributed by atoms with Gasteiger partial charge in [0.1, 0.15) is 5.00 Å². The highest BCUT2D eigenvalue weighted by atomic mass is 32.1. The molecule has 0 unspecified atom stereocenters. The van der Waals surface area contributed by atoms with Gasteiger partial charge < -0.3 is 26.3 Å². The SMILES string of the molecule is NNC(=S)N(c1cccc2c1CNC2=O)[C@H]1CCc2sc(NC(=O)C3CC3)c(C(=O)NCC3CC3)c2C1. The number of nitrogens with zero attached hydrogens (tertiary/aromatic N) is 1. The molecule has 2 saturated carbocycles. The first-order valence-electron chi connectivity index (χ1n) is 12.9. The number of hydrogen-bond acceptors (Lipinski definition) is 6. The molecule has 194 valence electrons. The first kappa shape index (κ1) is 24.3. The van der Waals surface area contributed by atoms with Gasteiger partial charge in [-0.25, -0.2) is 5.84 Å². The van der Waals surface area contributed by atoms with E-state index in [0.29, 0.717) is 46.7 Å². The highest BCUT2D eigenvalue weighted by Crippen LogP contribution is 2.42. The van der Waals surface area contributed by atoms with Crippen LogP contribution in [0, 0.1) is 11.8 Å². The van der Waals surface area contributed by atoms with E-state index >= 15 is 0 Å². The molecule has 1 atom stereocenters. The van der Waals surface area contributed by atoms with Crippen molar-refractivity contribution < 1.29 is 14.4 Å². The Kier molecular flexibility index (Phi) is 6.37. The topological polar surface area (TPSA) is 129 Å². The number of carbonyl (C=O) groups is 3. The summed E-state index contributed by atoms with van der Waals surface area (Å²) in [7, 11) is 0. The van der Waals surface area contributed by atoms with Gasteiger partial charge in [0.15, 0.2) is 5.11 Å². The molecule has 3 aliphatic carbocycles. The van der Waals surface area contributed by atoms with Crippen LogP contribution in [0.1, 0.15) is 68.8 Å². The number of thiocarbonyl (C=S) groups is 1. The predicted octanol–water partition coefficient (Wildman–Crippen LogP) is 2.59. The van der Waals surface area contributed by atoms with E-state index < -0.39 is 0 Å². The van der Waals surface area contributed by atoms with Crippen LogP contribution in [0.25, 0.3) is 0 Å². The number of rotatable bonds is 7.